The molecule has 0 radical (unpaired) electrons. The first kappa shape index (κ1) is 15.4. The topological polar surface area (TPSA) is 49.4 Å². The van der Waals surface area contributed by atoms with Gasteiger partial charge in [0, 0.05) is 13.1 Å². The van der Waals surface area contributed by atoms with E-state index in [2.05, 4.69) is 9.62 Å². The minimum absolute atomic E-state index is 0.195. The lowest BCUT2D eigenvalue weighted by atomic mass is 10.1. The zero-order valence-electron chi connectivity index (χ0n) is 11.9. The van der Waals surface area contributed by atoms with Crippen molar-refractivity contribution in [1.29, 1.82) is 0 Å². The summed E-state index contributed by atoms with van der Waals surface area (Å²) in [6.07, 6.45) is 2.37. The molecule has 0 bridgehead atoms. The summed E-state index contributed by atoms with van der Waals surface area (Å²) < 4.78 is 40.5. The van der Waals surface area contributed by atoms with Crippen molar-refractivity contribution in [3.8, 4) is 0 Å². The number of aryl methyl sites for hydroxylation is 2. The fraction of sp³-hybridized carbons (Fsp3) is 0.571. The molecule has 1 aliphatic heterocycles. The summed E-state index contributed by atoms with van der Waals surface area (Å²) in [7, 11) is -3.57. The number of halogens is 1. The van der Waals surface area contributed by atoms with Crippen molar-refractivity contribution < 1.29 is 12.8 Å². The molecular formula is C14H21FN2O2S. The van der Waals surface area contributed by atoms with E-state index in [0.29, 0.717) is 17.7 Å². The Balaban J connectivity index is 2.06. The Bertz CT molecular complexity index is 558. The number of nitrogens with one attached hydrogen (secondary N) is 1. The van der Waals surface area contributed by atoms with Crippen LogP contribution in [0.5, 0.6) is 0 Å². The van der Waals surface area contributed by atoms with E-state index in [1.54, 1.807) is 13.8 Å². The quantitative estimate of drug-likeness (QED) is 0.902. The Morgan fingerprint density at radius 2 is 1.75 bits per heavy atom. The third-order valence-electron chi connectivity index (χ3n) is 3.61. The van der Waals surface area contributed by atoms with Gasteiger partial charge in [0.1, 0.15) is 5.82 Å². The summed E-state index contributed by atoms with van der Waals surface area (Å²) in [5.74, 6) is -0.406. The van der Waals surface area contributed by atoms with E-state index in [4.69, 9.17) is 0 Å². The molecule has 1 saturated heterocycles. The Labute approximate surface area is 120 Å². The van der Waals surface area contributed by atoms with Gasteiger partial charge in [0.05, 0.1) is 4.90 Å². The van der Waals surface area contributed by atoms with Crippen LogP contribution in [0.1, 0.15) is 24.0 Å². The smallest absolute Gasteiger partial charge is 0.241 e. The summed E-state index contributed by atoms with van der Waals surface area (Å²) in [6, 6.07) is 2.50. The normalized spacial score (nSPS) is 16.8. The number of benzene rings is 1. The first-order valence-corrected chi connectivity index (χ1v) is 8.37. The van der Waals surface area contributed by atoms with Gasteiger partial charge in [-0.15, -0.1) is 0 Å². The van der Waals surface area contributed by atoms with Crippen molar-refractivity contribution in [2.45, 2.75) is 31.6 Å². The molecule has 0 unspecified atom stereocenters. The van der Waals surface area contributed by atoms with Crippen LogP contribution in [0, 0.1) is 19.7 Å². The van der Waals surface area contributed by atoms with Crippen molar-refractivity contribution in [3.63, 3.8) is 0 Å². The molecule has 0 aliphatic carbocycles. The van der Waals surface area contributed by atoms with Gasteiger partial charge in [0.2, 0.25) is 10.0 Å². The van der Waals surface area contributed by atoms with Crippen LogP contribution in [0.25, 0.3) is 0 Å². The van der Waals surface area contributed by atoms with E-state index >= 15 is 0 Å². The van der Waals surface area contributed by atoms with Crippen LogP contribution in [-0.4, -0.2) is 39.5 Å². The van der Waals surface area contributed by atoms with Crippen LogP contribution in [-0.2, 0) is 10.0 Å². The minimum Gasteiger partial charge on any atom is -0.302 e. The zero-order chi connectivity index (χ0) is 14.8. The van der Waals surface area contributed by atoms with Crippen molar-refractivity contribution in [2.75, 3.05) is 26.2 Å². The number of nitrogens with zero attached hydrogens (tertiary/aromatic N) is 1. The third-order valence-corrected chi connectivity index (χ3v) is 5.38. The van der Waals surface area contributed by atoms with E-state index in [0.717, 1.165) is 19.6 Å². The van der Waals surface area contributed by atoms with Crippen molar-refractivity contribution in [2.24, 2.45) is 0 Å². The SMILES string of the molecule is Cc1cc(F)cc(C)c1S(=O)(=O)NCCN1CCCC1. The molecule has 20 heavy (non-hydrogen) atoms. The predicted octanol–water partition coefficient (Wildman–Crippen LogP) is 1.82. The number of rotatable bonds is 5. The first-order valence-electron chi connectivity index (χ1n) is 6.89. The molecule has 0 saturated carbocycles. The van der Waals surface area contributed by atoms with E-state index in [1.165, 1.54) is 25.0 Å². The Kier molecular flexibility index (Phi) is 4.78. The van der Waals surface area contributed by atoms with Gasteiger partial charge in [-0.1, -0.05) is 0 Å². The van der Waals surface area contributed by atoms with Gasteiger partial charge in [-0.2, -0.15) is 0 Å². The van der Waals surface area contributed by atoms with Gasteiger partial charge in [0.25, 0.3) is 0 Å². The fourth-order valence-corrected chi connectivity index (χ4v) is 4.21. The summed E-state index contributed by atoms with van der Waals surface area (Å²) in [6.45, 7) is 6.42. The predicted molar refractivity (Wildman–Crippen MR) is 76.7 cm³/mol. The van der Waals surface area contributed by atoms with Gasteiger partial charge in [-0.05, 0) is 63.0 Å². The van der Waals surface area contributed by atoms with Gasteiger partial charge in [-0.3, -0.25) is 0 Å². The van der Waals surface area contributed by atoms with Crippen LogP contribution in [0.4, 0.5) is 4.39 Å². The highest BCUT2D eigenvalue weighted by Gasteiger charge is 2.20. The average molecular weight is 300 g/mol. The molecule has 2 rings (SSSR count). The van der Waals surface area contributed by atoms with Crippen molar-refractivity contribution in [3.05, 3.63) is 29.1 Å². The number of hydrogen-bond donors (Lipinski definition) is 1. The van der Waals surface area contributed by atoms with Crippen LogP contribution in [0.2, 0.25) is 0 Å². The molecule has 1 fully saturated rings. The van der Waals surface area contributed by atoms with Gasteiger partial charge in [-0.25, -0.2) is 17.5 Å². The molecule has 112 valence electrons. The zero-order valence-corrected chi connectivity index (χ0v) is 12.8. The Hall–Kier alpha value is -0.980. The molecule has 4 nitrogen and oxygen atoms in total. The van der Waals surface area contributed by atoms with E-state index in [1.807, 2.05) is 0 Å². The van der Waals surface area contributed by atoms with Crippen molar-refractivity contribution >= 4 is 10.0 Å². The molecule has 0 amide bonds. The fourth-order valence-electron chi connectivity index (χ4n) is 2.74. The third kappa shape index (κ3) is 3.56. The summed E-state index contributed by atoms with van der Waals surface area (Å²) in [4.78, 5) is 2.44. The van der Waals surface area contributed by atoms with E-state index in [-0.39, 0.29) is 4.90 Å². The second-order valence-electron chi connectivity index (χ2n) is 5.32. The second kappa shape index (κ2) is 6.20. The second-order valence-corrected chi connectivity index (χ2v) is 7.02. The lowest BCUT2D eigenvalue weighted by Crippen LogP contribution is -2.34. The molecule has 1 aromatic rings. The molecule has 1 N–H and O–H groups in total. The molecule has 6 heteroatoms. The maximum Gasteiger partial charge on any atom is 0.241 e. The van der Waals surface area contributed by atoms with E-state index < -0.39 is 15.8 Å². The van der Waals surface area contributed by atoms with Gasteiger partial charge in [0.15, 0.2) is 0 Å². The van der Waals surface area contributed by atoms with Crippen LogP contribution < -0.4 is 4.72 Å². The lowest BCUT2D eigenvalue weighted by molar-refractivity contribution is 0.344. The number of likely N-dealkylation sites (tertiary alicyclic amines) is 1. The molecule has 1 aliphatic rings. The summed E-state index contributed by atoms with van der Waals surface area (Å²) >= 11 is 0. The van der Waals surface area contributed by atoms with Gasteiger partial charge >= 0.3 is 0 Å². The van der Waals surface area contributed by atoms with Crippen LogP contribution in [0.15, 0.2) is 17.0 Å². The maximum atomic E-state index is 13.2. The minimum atomic E-state index is -3.57. The average Bonchev–Trinajstić information content (AvgIpc) is 2.79. The molecule has 0 atom stereocenters. The summed E-state index contributed by atoms with van der Waals surface area (Å²) in [5.41, 5.74) is 0.882. The molecule has 1 aromatic carbocycles. The molecule has 1 heterocycles. The highest BCUT2D eigenvalue weighted by atomic mass is 32.2. The number of sulfonamides is 1. The lowest BCUT2D eigenvalue weighted by Gasteiger charge is -2.16. The summed E-state index contributed by atoms with van der Waals surface area (Å²) in [5, 5.41) is 0. The monoisotopic (exact) mass is 300 g/mol. The van der Waals surface area contributed by atoms with E-state index in [9.17, 15) is 12.8 Å². The van der Waals surface area contributed by atoms with Gasteiger partial charge < -0.3 is 4.90 Å². The van der Waals surface area contributed by atoms with Crippen LogP contribution >= 0.6 is 0 Å². The maximum absolute atomic E-state index is 13.2. The first-order chi connectivity index (χ1) is 9.40. The molecule has 0 aromatic heterocycles. The van der Waals surface area contributed by atoms with Crippen molar-refractivity contribution in [1.82, 2.24) is 9.62 Å². The molecule has 0 spiro atoms. The Morgan fingerprint density at radius 3 is 2.30 bits per heavy atom. The Morgan fingerprint density at radius 1 is 1.20 bits per heavy atom. The largest absolute Gasteiger partial charge is 0.302 e. The van der Waals surface area contributed by atoms with Crippen LogP contribution in [0.3, 0.4) is 0 Å². The number of hydrogen-bond acceptors (Lipinski definition) is 3. The highest BCUT2D eigenvalue weighted by molar-refractivity contribution is 7.89. The molecular weight excluding hydrogens is 279 g/mol. The standard InChI is InChI=1S/C14H21FN2O2S/c1-11-9-13(15)10-12(2)14(11)20(18,19)16-5-8-17-6-3-4-7-17/h9-10,16H,3-8H2,1-2H3. The highest BCUT2D eigenvalue weighted by Crippen LogP contribution is 2.21.